The maximum atomic E-state index is 11.0. The molecule has 1 rings (SSSR count). The molecule has 0 amide bonds. The van der Waals surface area contributed by atoms with Gasteiger partial charge in [-0.05, 0) is 18.2 Å². The molecule has 0 atom stereocenters. The van der Waals surface area contributed by atoms with E-state index < -0.39 is 5.97 Å². The van der Waals surface area contributed by atoms with Gasteiger partial charge in [0, 0.05) is 6.42 Å². The Morgan fingerprint density at radius 1 is 1.50 bits per heavy atom. The van der Waals surface area contributed by atoms with Crippen LogP contribution >= 0.6 is 0 Å². The standard InChI is InChI=1S/C10H8O4/c1-7(6-11)10(13)14-9-4-2-8(12)3-5-9/h2,4-6H,1,3H2. The fourth-order valence-electron chi connectivity index (χ4n) is 0.809. The molecule has 0 fully saturated rings. The van der Waals surface area contributed by atoms with Crippen molar-refractivity contribution >= 4 is 18.0 Å². The Bertz CT molecular complexity index is 360. The molecule has 1 aliphatic carbocycles. The molecule has 0 saturated heterocycles. The first-order chi connectivity index (χ1) is 6.63. The summed E-state index contributed by atoms with van der Waals surface area (Å²) in [6.07, 6.45) is 4.68. The van der Waals surface area contributed by atoms with Crippen LogP contribution in [0.2, 0.25) is 0 Å². The molecule has 0 radical (unpaired) electrons. The van der Waals surface area contributed by atoms with Crippen LogP contribution in [0.3, 0.4) is 0 Å². The first-order valence-electron chi connectivity index (χ1n) is 3.91. The van der Waals surface area contributed by atoms with Crippen LogP contribution in [0.1, 0.15) is 6.42 Å². The van der Waals surface area contributed by atoms with E-state index >= 15 is 0 Å². The third kappa shape index (κ3) is 2.52. The number of esters is 1. The minimum absolute atomic E-state index is 0.0565. The second-order valence-corrected chi connectivity index (χ2v) is 2.64. The number of allylic oxidation sites excluding steroid dienone is 3. The van der Waals surface area contributed by atoms with Gasteiger partial charge in [-0.25, -0.2) is 4.79 Å². The highest BCUT2D eigenvalue weighted by Crippen LogP contribution is 2.10. The second-order valence-electron chi connectivity index (χ2n) is 2.64. The number of hydrogen-bond acceptors (Lipinski definition) is 4. The zero-order valence-electron chi connectivity index (χ0n) is 7.36. The third-order valence-corrected chi connectivity index (χ3v) is 1.55. The molecule has 0 aromatic carbocycles. The van der Waals surface area contributed by atoms with E-state index in [1.54, 1.807) is 0 Å². The molecule has 1 aliphatic rings. The lowest BCUT2D eigenvalue weighted by atomic mass is 10.1. The molecular formula is C10H8O4. The third-order valence-electron chi connectivity index (χ3n) is 1.55. The summed E-state index contributed by atoms with van der Waals surface area (Å²) < 4.78 is 4.74. The van der Waals surface area contributed by atoms with Crippen LogP contribution in [-0.4, -0.2) is 18.0 Å². The number of aldehydes is 1. The molecule has 0 aromatic heterocycles. The largest absolute Gasteiger partial charge is 0.423 e. The summed E-state index contributed by atoms with van der Waals surface area (Å²) in [4.78, 5) is 31.9. The van der Waals surface area contributed by atoms with E-state index in [1.165, 1.54) is 18.2 Å². The van der Waals surface area contributed by atoms with Crippen molar-refractivity contribution in [3.63, 3.8) is 0 Å². The second kappa shape index (κ2) is 4.32. The molecule has 72 valence electrons. The lowest BCUT2D eigenvalue weighted by Gasteiger charge is -2.06. The van der Waals surface area contributed by atoms with Gasteiger partial charge in [0.05, 0.1) is 5.57 Å². The summed E-state index contributed by atoms with van der Waals surface area (Å²) in [6, 6.07) is 0. The van der Waals surface area contributed by atoms with Gasteiger partial charge in [-0.2, -0.15) is 0 Å². The average molecular weight is 192 g/mol. The van der Waals surface area contributed by atoms with Crippen molar-refractivity contribution in [2.45, 2.75) is 6.42 Å². The van der Waals surface area contributed by atoms with Crippen LogP contribution < -0.4 is 0 Å². The van der Waals surface area contributed by atoms with Crippen molar-refractivity contribution in [1.29, 1.82) is 0 Å². The van der Waals surface area contributed by atoms with Crippen molar-refractivity contribution in [3.8, 4) is 0 Å². The lowest BCUT2D eigenvalue weighted by molar-refractivity contribution is -0.135. The number of hydrogen-bond donors (Lipinski definition) is 0. The lowest BCUT2D eigenvalue weighted by Crippen LogP contribution is -2.09. The Morgan fingerprint density at radius 3 is 2.71 bits per heavy atom. The number of carbonyl (C=O) groups is 3. The summed E-state index contributed by atoms with van der Waals surface area (Å²) in [7, 11) is 0. The molecule has 0 N–H and O–H groups in total. The summed E-state index contributed by atoms with van der Waals surface area (Å²) in [6.45, 7) is 3.19. The van der Waals surface area contributed by atoms with E-state index in [4.69, 9.17) is 4.74 Å². The molecule has 0 bridgehead atoms. The van der Waals surface area contributed by atoms with Gasteiger partial charge in [0.1, 0.15) is 5.76 Å². The smallest absolute Gasteiger partial charge is 0.346 e. The zero-order valence-corrected chi connectivity index (χ0v) is 7.36. The Morgan fingerprint density at radius 2 is 2.21 bits per heavy atom. The van der Waals surface area contributed by atoms with E-state index in [0.29, 0.717) is 6.29 Å². The van der Waals surface area contributed by atoms with Gasteiger partial charge >= 0.3 is 5.97 Å². The summed E-state index contributed by atoms with van der Waals surface area (Å²) in [5.41, 5.74) is -0.254. The Kier molecular flexibility index (Phi) is 3.12. The molecule has 0 aromatic rings. The molecule has 0 aliphatic heterocycles. The molecule has 0 heterocycles. The van der Waals surface area contributed by atoms with E-state index in [9.17, 15) is 14.4 Å². The van der Waals surface area contributed by atoms with Gasteiger partial charge in [-0.1, -0.05) is 6.58 Å². The van der Waals surface area contributed by atoms with Crippen LogP contribution in [0.25, 0.3) is 0 Å². The van der Waals surface area contributed by atoms with Crippen LogP contribution in [0.4, 0.5) is 0 Å². The Labute approximate surface area is 80.5 Å². The quantitative estimate of drug-likeness (QED) is 0.217. The molecule has 0 spiro atoms. The molecular weight excluding hydrogens is 184 g/mol. The fraction of sp³-hybridized carbons (Fsp3) is 0.100. The van der Waals surface area contributed by atoms with Gasteiger partial charge in [-0.3, -0.25) is 9.59 Å². The average Bonchev–Trinajstić information content (AvgIpc) is 2.20. The minimum Gasteiger partial charge on any atom is -0.423 e. The summed E-state index contributed by atoms with van der Waals surface area (Å²) in [5.74, 6) is -0.595. The molecule has 0 saturated carbocycles. The number of ether oxygens (including phenoxy) is 1. The van der Waals surface area contributed by atoms with Crippen LogP contribution in [0, 0.1) is 0 Å². The number of carbonyl (C=O) groups excluding carboxylic acids is 3. The van der Waals surface area contributed by atoms with Gasteiger partial charge in [0.15, 0.2) is 12.1 Å². The first-order valence-corrected chi connectivity index (χ1v) is 3.91. The molecule has 0 unspecified atom stereocenters. The first kappa shape index (κ1) is 10.1. The highest BCUT2D eigenvalue weighted by Gasteiger charge is 2.11. The molecule has 4 heteroatoms. The Hall–Kier alpha value is -1.97. The molecule has 4 nitrogen and oxygen atoms in total. The summed E-state index contributed by atoms with van der Waals surface area (Å²) >= 11 is 0. The van der Waals surface area contributed by atoms with Crippen molar-refractivity contribution in [1.82, 2.24) is 0 Å². The van der Waals surface area contributed by atoms with Crippen molar-refractivity contribution in [3.05, 3.63) is 36.1 Å². The minimum atomic E-state index is -0.801. The number of ketones is 1. The zero-order chi connectivity index (χ0) is 10.6. The van der Waals surface area contributed by atoms with Crippen molar-refractivity contribution in [2.24, 2.45) is 0 Å². The van der Waals surface area contributed by atoms with Crippen LogP contribution in [0.5, 0.6) is 0 Å². The Balaban J connectivity index is 2.58. The predicted molar refractivity (Wildman–Crippen MR) is 48.1 cm³/mol. The van der Waals surface area contributed by atoms with Crippen LogP contribution in [0.15, 0.2) is 36.1 Å². The maximum absolute atomic E-state index is 11.0. The monoisotopic (exact) mass is 192 g/mol. The summed E-state index contributed by atoms with van der Waals surface area (Å²) in [5, 5.41) is 0. The highest BCUT2D eigenvalue weighted by atomic mass is 16.5. The van der Waals surface area contributed by atoms with Crippen LogP contribution in [-0.2, 0) is 19.1 Å². The van der Waals surface area contributed by atoms with Gasteiger partial charge in [0.2, 0.25) is 0 Å². The maximum Gasteiger partial charge on any atom is 0.346 e. The SMILES string of the molecule is C=C(C=O)C(=O)OC1=CCC(=O)C=C1. The topological polar surface area (TPSA) is 60.4 Å². The number of rotatable bonds is 3. The van der Waals surface area contributed by atoms with Crippen molar-refractivity contribution < 1.29 is 19.1 Å². The van der Waals surface area contributed by atoms with E-state index in [1.807, 2.05) is 0 Å². The predicted octanol–water partition coefficient (Wildman–Crippen LogP) is 0.698. The normalized spacial score (nSPS) is 14.6. The van der Waals surface area contributed by atoms with E-state index in [-0.39, 0.29) is 23.5 Å². The van der Waals surface area contributed by atoms with Gasteiger partial charge in [-0.15, -0.1) is 0 Å². The molecule has 14 heavy (non-hydrogen) atoms. The van der Waals surface area contributed by atoms with E-state index in [0.717, 1.165) is 0 Å². The van der Waals surface area contributed by atoms with Crippen molar-refractivity contribution in [2.75, 3.05) is 0 Å². The van der Waals surface area contributed by atoms with Gasteiger partial charge < -0.3 is 4.74 Å². The van der Waals surface area contributed by atoms with E-state index in [2.05, 4.69) is 6.58 Å². The van der Waals surface area contributed by atoms with Gasteiger partial charge in [0.25, 0.3) is 0 Å². The highest BCUT2D eigenvalue weighted by molar-refractivity contribution is 6.07. The fourth-order valence-corrected chi connectivity index (χ4v) is 0.809.